The summed E-state index contributed by atoms with van der Waals surface area (Å²) >= 11 is 0. The van der Waals surface area contributed by atoms with E-state index in [0.717, 1.165) is 5.57 Å². The van der Waals surface area contributed by atoms with E-state index in [0.29, 0.717) is 6.54 Å². The summed E-state index contributed by atoms with van der Waals surface area (Å²) in [6.45, 7) is 4.10. The third-order valence-corrected chi connectivity index (χ3v) is 0.936. The lowest BCUT2D eigenvalue weighted by Crippen LogP contribution is -2.00. The summed E-state index contributed by atoms with van der Waals surface area (Å²) < 4.78 is 0. The van der Waals surface area contributed by atoms with Gasteiger partial charge in [-0.05, 0) is 11.6 Å². The summed E-state index contributed by atoms with van der Waals surface area (Å²) in [5.74, 6) is 0. The minimum absolute atomic E-state index is 0. The fraction of sp³-hybridized carbons (Fsp3) is 0.286. The standard InChI is InChI=1S/C7H12N2.H2/c1-3-7(6-8)4-5-9-2;/h3-5H,1,6,8H2,2H3;1H/b7-4+,9-5?;. The van der Waals surface area contributed by atoms with Crippen molar-refractivity contribution in [2.24, 2.45) is 10.7 Å². The maximum atomic E-state index is 5.32. The molecule has 2 heteroatoms. The topological polar surface area (TPSA) is 38.4 Å². The van der Waals surface area contributed by atoms with Gasteiger partial charge in [0.1, 0.15) is 0 Å². The molecular weight excluding hydrogens is 112 g/mol. The maximum Gasteiger partial charge on any atom is 0.0277 e. The van der Waals surface area contributed by atoms with Crippen molar-refractivity contribution in [2.45, 2.75) is 0 Å². The number of nitrogens with zero attached hydrogens (tertiary/aromatic N) is 1. The Balaban J connectivity index is 0. The lowest BCUT2D eigenvalue weighted by atomic mass is 10.2. The van der Waals surface area contributed by atoms with Crippen molar-refractivity contribution in [1.29, 1.82) is 0 Å². The number of aliphatic imine (C=N–C) groups is 1. The van der Waals surface area contributed by atoms with Crippen LogP contribution >= 0.6 is 0 Å². The Kier molecular flexibility index (Phi) is 4.73. The molecule has 0 aromatic rings. The number of hydrogen-bond acceptors (Lipinski definition) is 2. The smallest absolute Gasteiger partial charge is 0.0277 e. The van der Waals surface area contributed by atoms with Crippen LogP contribution < -0.4 is 5.73 Å². The highest BCUT2D eigenvalue weighted by Gasteiger charge is 1.80. The molecule has 52 valence electrons. The second-order valence-corrected chi connectivity index (χ2v) is 1.56. The first-order valence-electron chi connectivity index (χ1n) is 2.79. The van der Waals surface area contributed by atoms with Gasteiger partial charge in [-0.25, -0.2) is 0 Å². The normalized spacial score (nSPS) is 12.4. The number of nitrogens with two attached hydrogens (primary N) is 1. The van der Waals surface area contributed by atoms with Crippen molar-refractivity contribution in [3.05, 3.63) is 24.3 Å². The van der Waals surface area contributed by atoms with Crippen LogP contribution in [0.5, 0.6) is 0 Å². The first kappa shape index (κ1) is 8.11. The lowest BCUT2D eigenvalue weighted by Gasteiger charge is -1.89. The van der Waals surface area contributed by atoms with Gasteiger partial charge < -0.3 is 5.73 Å². The van der Waals surface area contributed by atoms with E-state index < -0.39 is 0 Å². The molecule has 0 aliphatic rings. The van der Waals surface area contributed by atoms with Gasteiger partial charge in [0.05, 0.1) is 0 Å². The molecule has 0 bridgehead atoms. The number of allylic oxidation sites excluding steroid dienone is 1. The van der Waals surface area contributed by atoms with Crippen molar-refractivity contribution < 1.29 is 1.43 Å². The largest absolute Gasteiger partial charge is 0.326 e. The molecule has 0 amide bonds. The first-order chi connectivity index (χ1) is 4.35. The van der Waals surface area contributed by atoms with Gasteiger partial charge in [0.15, 0.2) is 0 Å². The van der Waals surface area contributed by atoms with Gasteiger partial charge >= 0.3 is 0 Å². The minimum atomic E-state index is 0. The number of rotatable bonds is 3. The van der Waals surface area contributed by atoms with Gasteiger partial charge in [0.25, 0.3) is 0 Å². The molecule has 0 aliphatic heterocycles. The van der Waals surface area contributed by atoms with Crippen molar-refractivity contribution in [2.75, 3.05) is 13.6 Å². The van der Waals surface area contributed by atoms with Crippen molar-refractivity contribution in [1.82, 2.24) is 0 Å². The van der Waals surface area contributed by atoms with Crippen LogP contribution in [0.2, 0.25) is 0 Å². The molecule has 0 spiro atoms. The predicted molar refractivity (Wildman–Crippen MR) is 43.9 cm³/mol. The van der Waals surface area contributed by atoms with E-state index in [1.807, 2.05) is 6.08 Å². The first-order valence-corrected chi connectivity index (χ1v) is 2.79. The monoisotopic (exact) mass is 126 g/mol. The Morgan fingerprint density at radius 2 is 2.56 bits per heavy atom. The summed E-state index contributed by atoms with van der Waals surface area (Å²) in [4.78, 5) is 3.77. The van der Waals surface area contributed by atoms with E-state index in [4.69, 9.17) is 5.73 Å². The van der Waals surface area contributed by atoms with Crippen LogP contribution in [0.3, 0.4) is 0 Å². The Bertz CT molecular complexity index is 139. The average Bonchev–Trinajstić information content (AvgIpc) is 1.91. The van der Waals surface area contributed by atoms with Gasteiger partial charge in [-0.3, -0.25) is 4.99 Å². The van der Waals surface area contributed by atoms with Gasteiger partial charge in [-0.1, -0.05) is 12.7 Å². The molecule has 9 heavy (non-hydrogen) atoms. The van der Waals surface area contributed by atoms with E-state index in [-0.39, 0.29) is 1.43 Å². The van der Waals surface area contributed by atoms with Crippen LogP contribution in [0, 0.1) is 0 Å². The third kappa shape index (κ3) is 3.67. The van der Waals surface area contributed by atoms with Gasteiger partial charge in [-0.15, -0.1) is 0 Å². The summed E-state index contributed by atoms with van der Waals surface area (Å²) in [5.41, 5.74) is 6.32. The van der Waals surface area contributed by atoms with Crippen LogP contribution in [0.15, 0.2) is 29.3 Å². The zero-order chi connectivity index (χ0) is 7.11. The van der Waals surface area contributed by atoms with Gasteiger partial charge in [0.2, 0.25) is 0 Å². The zero-order valence-corrected chi connectivity index (χ0v) is 5.67. The third-order valence-electron chi connectivity index (χ3n) is 0.936. The molecular formula is C7H14N2. The Morgan fingerprint density at radius 3 is 2.89 bits per heavy atom. The van der Waals surface area contributed by atoms with Gasteiger partial charge in [0, 0.05) is 21.2 Å². The average molecular weight is 126 g/mol. The van der Waals surface area contributed by atoms with E-state index in [2.05, 4.69) is 11.6 Å². The van der Waals surface area contributed by atoms with Crippen LogP contribution in [0.4, 0.5) is 0 Å². The minimum Gasteiger partial charge on any atom is -0.326 e. The summed E-state index contributed by atoms with van der Waals surface area (Å²) in [7, 11) is 1.72. The molecule has 2 N–H and O–H groups in total. The quantitative estimate of drug-likeness (QED) is 0.444. The van der Waals surface area contributed by atoms with Crippen LogP contribution in [-0.4, -0.2) is 19.8 Å². The highest BCUT2D eigenvalue weighted by molar-refractivity contribution is 5.72. The second kappa shape index (κ2) is 5.25. The Labute approximate surface area is 57.3 Å². The molecule has 0 aliphatic carbocycles. The Morgan fingerprint density at radius 1 is 1.89 bits per heavy atom. The predicted octanol–water partition coefficient (Wildman–Crippen LogP) is 1.00. The molecule has 0 aromatic heterocycles. The highest BCUT2D eigenvalue weighted by Crippen LogP contribution is 1.88. The summed E-state index contributed by atoms with van der Waals surface area (Å²) in [5, 5.41) is 0. The molecule has 0 rings (SSSR count). The molecule has 0 aromatic carbocycles. The molecule has 2 nitrogen and oxygen atoms in total. The summed E-state index contributed by atoms with van der Waals surface area (Å²) in [6, 6.07) is 0. The molecule has 0 heterocycles. The molecule has 0 fully saturated rings. The molecule has 0 saturated carbocycles. The molecule has 0 unspecified atom stereocenters. The summed E-state index contributed by atoms with van der Waals surface area (Å²) in [6.07, 6.45) is 5.26. The maximum absolute atomic E-state index is 5.32. The Hall–Kier alpha value is -0.890. The van der Waals surface area contributed by atoms with E-state index in [9.17, 15) is 0 Å². The van der Waals surface area contributed by atoms with E-state index in [1.165, 1.54) is 0 Å². The number of hydrogen-bond donors (Lipinski definition) is 1. The molecule has 0 radical (unpaired) electrons. The fourth-order valence-corrected chi connectivity index (χ4v) is 0.390. The molecule has 0 atom stereocenters. The van der Waals surface area contributed by atoms with E-state index in [1.54, 1.807) is 19.3 Å². The second-order valence-electron chi connectivity index (χ2n) is 1.56. The molecule has 0 saturated heterocycles. The van der Waals surface area contributed by atoms with Crippen molar-refractivity contribution in [3.63, 3.8) is 0 Å². The lowest BCUT2D eigenvalue weighted by molar-refractivity contribution is 1.19. The van der Waals surface area contributed by atoms with Crippen molar-refractivity contribution >= 4 is 6.21 Å². The van der Waals surface area contributed by atoms with E-state index >= 15 is 0 Å². The van der Waals surface area contributed by atoms with Crippen LogP contribution in [0.1, 0.15) is 1.43 Å². The van der Waals surface area contributed by atoms with Crippen LogP contribution in [0.25, 0.3) is 0 Å². The van der Waals surface area contributed by atoms with Crippen molar-refractivity contribution in [3.8, 4) is 0 Å². The highest BCUT2D eigenvalue weighted by atomic mass is 14.6. The zero-order valence-electron chi connectivity index (χ0n) is 5.67. The van der Waals surface area contributed by atoms with Crippen LogP contribution in [-0.2, 0) is 0 Å². The fourth-order valence-electron chi connectivity index (χ4n) is 0.390. The van der Waals surface area contributed by atoms with Gasteiger partial charge in [-0.2, -0.15) is 0 Å². The SMILES string of the molecule is C=C/C(=C\C=NC)CN.[HH].